The number of nitrogens with two attached hydrogens (primary N) is 1. The molecule has 0 radical (unpaired) electrons. The summed E-state index contributed by atoms with van der Waals surface area (Å²) in [6, 6.07) is 0.188. The molecule has 0 aromatic carbocycles. The van der Waals surface area contributed by atoms with Crippen molar-refractivity contribution < 1.29 is 0 Å². The van der Waals surface area contributed by atoms with Gasteiger partial charge in [-0.2, -0.15) is 0 Å². The Hall–Kier alpha value is -0.610. The summed E-state index contributed by atoms with van der Waals surface area (Å²) in [5.41, 5.74) is 8.12. The fourth-order valence-corrected chi connectivity index (χ4v) is 5.77. The van der Waals surface area contributed by atoms with Crippen LogP contribution in [0.1, 0.15) is 74.4 Å². The van der Waals surface area contributed by atoms with Crippen LogP contribution in [0.15, 0.2) is 0 Å². The second-order valence-corrected chi connectivity index (χ2v) is 8.41. The Kier molecular flexibility index (Phi) is 3.70. The van der Waals surface area contributed by atoms with Crippen molar-refractivity contribution in [1.82, 2.24) is 4.98 Å². The summed E-state index contributed by atoms with van der Waals surface area (Å²) in [5.74, 6) is 0. The van der Waals surface area contributed by atoms with E-state index in [1.807, 2.05) is 11.3 Å². The maximum Gasteiger partial charge on any atom is 0.185 e. The first-order valence-electron chi connectivity index (χ1n) is 8.76. The van der Waals surface area contributed by atoms with Gasteiger partial charge in [-0.15, -0.1) is 11.3 Å². The lowest BCUT2D eigenvalue weighted by atomic mass is 9.68. The highest BCUT2D eigenvalue weighted by Crippen LogP contribution is 2.46. The third-order valence-corrected chi connectivity index (χ3v) is 7.19. The van der Waals surface area contributed by atoms with Crippen molar-refractivity contribution >= 4 is 16.5 Å². The third-order valence-electron chi connectivity index (χ3n) is 6.00. The highest BCUT2D eigenvalue weighted by molar-refractivity contribution is 7.15. The monoisotopic (exact) mass is 305 g/mol. The highest BCUT2D eigenvalue weighted by atomic mass is 32.1. The van der Waals surface area contributed by atoms with Gasteiger partial charge in [0, 0.05) is 24.0 Å². The summed E-state index contributed by atoms with van der Waals surface area (Å²) in [4.78, 5) is 8.91. The molecule has 1 aromatic rings. The van der Waals surface area contributed by atoms with Gasteiger partial charge >= 0.3 is 0 Å². The number of anilines is 1. The van der Waals surface area contributed by atoms with Gasteiger partial charge in [0.15, 0.2) is 5.13 Å². The maximum absolute atomic E-state index is 6.23. The molecule has 116 valence electrons. The molecular formula is C17H27N3S. The van der Waals surface area contributed by atoms with Gasteiger partial charge in [0.2, 0.25) is 0 Å². The predicted molar refractivity (Wildman–Crippen MR) is 88.9 cm³/mol. The zero-order valence-corrected chi connectivity index (χ0v) is 13.8. The molecule has 2 fully saturated rings. The number of fused-ring (bicyclic) bond motifs is 1. The molecule has 2 aliphatic carbocycles. The number of nitrogens with zero attached hydrogens (tertiary/aromatic N) is 2. The average molecular weight is 305 g/mol. The third kappa shape index (κ3) is 2.61. The molecule has 3 aliphatic rings. The van der Waals surface area contributed by atoms with Crippen LogP contribution in [0.2, 0.25) is 0 Å². The van der Waals surface area contributed by atoms with Crippen molar-refractivity contribution in [2.24, 2.45) is 11.1 Å². The molecule has 4 heteroatoms. The Balaban J connectivity index is 1.46. The lowest BCUT2D eigenvalue weighted by Crippen LogP contribution is -2.41. The van der Waals surface area contributed by atoms with Crippen molar-refractivity contribution in [3.8, 4) is 0 Å². The molecule has 3 nitrogen and oxygen atoms in total. The summed E-state index contributed by atoms with van der Waals surface area (Å²) >= 11 is 1.92. The van der Waals surface area contributed by atoms with Crippen molar-refractivity contribution in [2.45, 2.75) is 70.3 Å². The van der Waals surface area contributed by atoms with E-state index in [9.17, 15) is 0 Å². The number of thiazole rings is 1. The standard InChI is InChI=1S/C17H27N3S/c18-13-5-4-6-14-15(13)19-16(21-14)20-11-9-17(10-12-20)7-2-1-3-8-17/h13H,1-12,18H2. The maximum atomic E-state index is 6.23. The Morgan fingerprint density at radius 3 is 2.52 bits per heavy atom. The summed E-state index contributed by atoms with van der Waals surface area (Å²) in [5, 5.41) is 1.25. The van der Waals surface area contributed by atoms with Crippen LogP contribution in [0.25, 0.3) is 0 Å². The van der Waals surface area contributed by atoms with Crippen molar-refractivity contribution in [3.05, 3.63) is 10.6 Å². The molecule has 1 saturated heterocycles. The Morgan fingerprint density at radius 2 is 1.81 bits per heavy atom. The number of hydrogen-bond acceptors (Lipinski definition) is 4. The quantitative estimate of drug-likeness (QED) is 0.851. The summed E-state index contributed by atoms with van der Waals surface area (Å²) in [6.07, 6.45) is 13.6. The molecule has 0 bridgehead atoms. The molecule has 0 amide bonds. The lowest BCUT2D eigenvalue weighted by molar-refractivity contribution is 0.144. The molecule has 1 unspecified atom stereocenters. The molecule has 21 heavy (non-hydrogen) atoms. The van der Waals surface area contributed by atoms with Gasteiger partial charge < -0.3 is 10.6 Å². The van der Waals surface area contributed by atoms with Crippen molar-refractivity contribution in [1.29, 1.82) is 0 Å². The Bertz CT molecular complexity index is 494. The predicted octanol–water partition coefficient (Wildman–Crippen LogP) is 4.03. The van der Waals surface area contributed by atoms with E-state index in [1.165, 1.54) is 86.6 Å². The van der Waals surface area contributed by atoms with Crippen molar-refractivity contribution in [3.63, 3.8) is 0 Å². The first-order chi connectivity index (χ1) is 10.3. The second-order valence-electron chi connectivity index (χ2n) is 7.35. The van der Waals surface area contributed by atoms with Crippen LogP contribution in [0.4, 0.5) is 5.13 Å². The zero-order valence-electron chi connectivity index (χ0n) is 12.9. The molecule has 1 spiro atoms. The van der Waals surface area contributed by atoms with Gasteiger partial charge in [-0.1, -0.05) is 19.3 Å². The minimum absolute atomic E-state index is 0.188. The molecule has 1 atom stereocenters. The fourth-order valence-electron chi connectivity index (χ4n) is 4.55. The van der Waals surface area contributed by atoms with Gasteiger partial charge in [-0.25, -0.2) is 4.98 Å². The summed E-state index contributed by atoms with van der Waals surface area (Å²) < 4.78 is 0. The van der Waals surface area contributed by atoms with Crippen LogP contribution in [0.5, 0.6) is 0 Å². The first-order valence-corrected chi connectivity index (χ1v) is 9.58. The van der Waals surface area contributed by atoms with Crippen LogP contribution < -0.4 is 10.6 Å². The van der Waals surface area contributed by atoms with Gasteiger partial charge in [0.05, 0.1) is 5.69 Å². The van der Waals surface area contributed by atoms with Gasteiger partial charge in [0.1, 0.15) is 0 Å². The van der Waals surface area contributed by atoms with Crippen LogP contribution in [-0.2, 0) is 6.42 Å². The van der Waals surface area contributed by atoms with Gasteiger partial charge in [-0.05, 0) is 50.4 Å². The Morgan fingerprint density at radius 1 is 1.05 bits per heavy atom. The van der Waals surface area contributed by atoms with Gasteiger partial charge in [-0.3, -0.25) is 0 Å². The van der Waals surface area contributed by atoms with E-state index >= 15 is 0 Å². The van der Waals surface area contributed by atoms with E-state index in [2.05, 4.69) is 4.90 Å². The average Bonchev–Trinajstić information content (AvgIpc) is 2.94. The van der Waals surface area contributed by atoms with E-state index in [0.29, 0.717) is 5.41 Å². The number of hydrogen-bond donors (Lipinski definition) is 1. The molecule has 2 N–H and O–H groups in total. The SMILES string of the molecule is NC1CCCc2sc(N3CCC4(CCCCC4)CC3)nc21. The number of piperidine rings is 1. The van der Waals surface area contributed by atoms with Crippen LogP contribution >= 0.6 is 11.3 Å². The minimum Gasteiger partial charge on any atom is -0.348 e. The highest BCUT2D eigenvalue weighted by Gasteiger charge is 2.36. The van der Waals surface area contributed by atoms with Gasteiger partial charge in [0.25, 0.3) is 0 Å². The Labute approximate surface area is 131 Å². The van der Waals surface area contributed by atoms with E-state index < -0.39 is 0 Å². The van der Waals surface area contributed by atoms with E-state index in [1.54, 1.807) is 0 Å². The number of aryl methyl sites for hydroxylation is 1. The molecule has 2 heterocycles. The zero-order chi connectivity index (χ0) is 14.3. The van der Waals surface area contributed by atoms with E-state index in [0.717, 1.165) is 6.42 Å². The molecule has 1 aromatic heterocycles. The molecule has 4 rings (SSSR count). The molecule has 1 saturated carbocycles. The van der Waals surface area contributed by atoms with Crippen LogP contribution in [0.3, 0.4) is 0 Å². The van der Waals surface area contributed by atoms with Crippen LogP contribution in [-0.4, -0.2) is 18.1 Å². The number of rotatable bonds is 1. The smallest absolute Gasteiger partial charge is 0.185 e. The fraction of sp³-hybridized carbons (Fsp3) is 0.824. The van der Waals surface area contributed by atoms with E-state index in [4.69, 9.17) is 10.7 Å². The van der Waals surface area contributed by atoms with Crippen molar-refractivity contribution in [2.75, 3.05) is 18.0 Å². The summed E-state index contributed by atoms with van der Waals surface area (Å²) in [7, 11) is 0. The normalized spacial score (nSPS) is 28.6. The lowest BCUT2D eigenvalue weighted by Gasteiger charge is -2.44. The number of aromatic nitrogens is 1. The molecule has 1 aliphatic heterocycles. The van der Waals surface area contributed by atoms with E-state index in [-0.39, 0.29) is 6.04 Å². The topological polar surface area (TPSA) is 42.1 Å². The largest absolute Gasteiger partial charge is 0.348 e. The first kappa shape index (κ1) is 14.0. The summed E-state index contributed by atoms with van der Waals surface area (Å²) in [6.45, 7) is 2.42. The van der Waals surface area contributed by atoms with Crippen LogP contribution in [0, 0.1) is 5.41 Å². The second kappa shape index (κ2) is 5.54. The minimum atomic E-state index is 0.188. The molecular weight excluding hydrogens is 278 g/mol.